The molecule has 0 bridgehead atoms. The summed E-state index contributed by atoms with van der Waals surface area (Å²) >= 11 is 0. The molecule has 0 aromatic heterocycles. The van der Waals surface area contributed by atoms with Gasteiger partial charge in [0, 0.05) is 32.7 Å². The first kappa shape index (κ1) is 31.7. The molecule has 33 heavy (non-hydrogen) atoms. The van der Waals surface area contributed by atoms with E-state index in [4.69, 9.17) is 9.31 Å². The number of hydrogen-bond acceptors (Lipinski definition) is 2. The molecule has 1 fully saturated rings. The van der Waals surface area contributed by atoms with Gasteiger partial charge in [0.2, 0.25) is 0 Å². The van der Waals surface area contributed by atoms with Crippen molar-refractivity contribution in [1.82, 2.24) is 0 Å². The fraction of sp³-hybridized carbons (Fsp3) is 0.379. The maximum atomic E-state index is 5.54. The molecule has 0 amide bonds. The molecule has 1 heterocycles. The predicted molar refractivity (Wildman–Crippen MR) is 143 cm³/mol. The van der Waals surface area contributed by atoms with Crippen LogP contribution in [0.3, 0.4) is 0 Å². The molecule has 0 spiro atoms. The summed E-state index contributed by atoms with van der Waals surface area (Å²) in [5.74, 6) is 0. The minimum atomic E-state index is -0.160. The van der Waals surface area contributed by atoms with Gasteiger partial charge in [0.25, 0.3) is 0 Å². The van der Waals surface area contributed by atoms with Gasteiger partial charge in [-0.1, -0.05) is 62.7 Å². The summed E-state index contributed by atoms with van der Waals surface area (Å²) in [4.78, 5) is 0. The Kier molecular flexibility index (Phi) is 13.7. The van der Waals surface area contributed by atoms with Gasteiger partial charge in [-0.05, 0) is 34.5 Å². The summed E-state index contributed by atoms with van der Waals surface area (Å²) in [5.41, 5.74) is 1.74. The van der Waals surface area contributed by atoms with Crippen LogP contribution >= 0.6 is 0 Å². The van der Waals surface area contributed by atoms with Gasteiger partial charge in [0.1, 0.15) is 0 Å². The molecule has 4 heteroatoms. The Hall–Kier alpha value is -1.25. The second-order valence-electron chi connectivity index (χ2n) is 8.00. The van der Waals surface area contributed by atoms with Crippen LogP contribution in [0, 0.1) is 12.1 Å². The van der Waals surface area contributed by atoms with Gasteiger partial charge < -0.3 is 9.31 Å². The van der Waals surface area contributed by atoms with Crippen LogP contribution in [-0.4, -0.2) is 18.3 Å². The molecule has 4 rings (SSSR count). The van der Waals surface area contributed by atoms with E-state index in [0.717, 1.165) is 16.5 Å². The normalized spacial score (nSPS) is 15.0. The summed E-state index contributed by atoms with van der Waals surface area (Å²) < 4.78 is 11.1. The molecule has 1 saturated heterocycles. The molecule has 3 aromatic carbocycles. The van der Waals surface area contributed by atoms with E-state index >= 15 is 0 Å². The monoisotopic (exact) mass is 519 g/mol. The first-order valence-electron chi connectivity index (χ1n) is 11.6. The third-order valence-corrected chi connectivity index (χ3v) is 5.63. The smallest absolute Gasteiger partial charge is 0.403 e. The Morgan fingerprint density at radius 1 is 0.879 bits per heavy atom. The van der Waals surface area contributed by atoms with Crippen LogP contribution in [0.15, 0.2) is 55.6 Å². The second-order valence-corrected chi connectivity index (χ2v) is 8.00. The molecule has 0 aliphatic carbocycles. The molecular weight excluding hydrogens is 480 g/mol. The minimum Gasteiger partial charge on any atom is -0.403 e. The predicted octanol–water partition coefficient (Wildman–Crippen LogP) is 8.53. The Morgan fingerprint density at radius 3 is 1.79 bits per heavy atom. The van der Waals surface area contributed by atoms with Crippen molar-refractivity contribution in [2.75, 3.05) is 0 Å². The molecule has 0 unspecified atom stereocenters. The largest absolute Gasteiger partial charge is 0.454 e. The van der Waals surface area contributed by atoms with Crippen LogP contribution in [-0.2, 0) is 42.0 Å². The van der Waals surface area contributed by atoms with Crippen molar-refractivity contribution < 1.29 is 42.0 Å². The molecule has 0 N–H and O–H groups in total. The van der Waals surface area contributed by atoms with Crippen LogP contribution < -0.4 is 0 Å². The van der Waals surface area contributed by atoms with Crippen molar-refractivity contribution >= 4 is 34.7 Å². The first-order chi connectivity index (χ1) is 15.2. The summed E-state index contributed by atoms with van der Waals surface area (Å²) in [7, 11) is -0.0648. The minimum absolute atomic E-state index is 0. The van der Waals surface area contributed by atoms with E-state index in [2.05, 4.69) is 77.3 Å². The quantitative estimate of drug-likeness (QED) is 0.192. The number of fused-ring (bicyclic) bond motifs is 3. The summed E-state index contributed by atoms with van der Waals surface area (Å²) in [6.07, 6.45) is 4.90. The van der Waals surface area contributed by atoms with Gasteiger partial charge in [0.05, 0.1) is 11.2 Å². The van der Waals surface area contributed by atoms with E-state index in [9.17, 15) is 0 Å². The fourth-order valence-corrected chi connectivity index (χ4v) is 3.62. The molecule has 1 aliphatic heterocycles. The van der Waals surface area contributed by atoms with Crippen molar-refractivity contribution in [3.63, 3.8) is 0 Å². The average molecular weight is 519 g/mol. The topological polar surface area (TPSA) is 18.5 Å². The van der Waals surface area contributed by atoms with Crippen molar-refractivity contribution in [2.45, 2.75) is 73.4 Å². The average Bonchev–Trinajstić information content (AvgIpc) is 2.99. The SMILES string of the molecule is C=[C-]c1c(C=C)c2ccccc2c2ccc[c-]c12.CB1OC(C)(C)C(C)(C)O1.CC.CC.[Y]. The van der Waals surface area contributed by atoms with E-state index in [1.54, 1.807) is 0 Å². The maximum Gasteiger partial charge on any atom is 0.454 e. The third kappa shape index (κ3) is 7.12. The van der Waals surface area contributed by atoms with Gasteiger partial charge in [0.15, 0.2) is 0 Å². The summed E-state index contributed by atoms with van der Waals surface area (Å²) in [5, 5.41) is 4.65. The molecular formula is C29H39BO2Y-2. The molecule has 1 aliphatic rings. The number of hydrogen-bond donors (Lipinski definition) is 0. The fourth-order valence-electron chi connectivity index (χ4n) is 3.62. The molecule has 0 atom stereocenters. The van der Waals surface area contributed by atoms with E-state index in [0.29, 0.717) is 0 Å². The van der Waals surface area contributed by atoms with Crippen LogP contribution in [0.5, 0.6) is 0 Å². The van der Waals surface area contributed by atoms with Crippen molar-refractivity contribution in [1.29, 1.82) is 0 Å². The van der Waals surface area contributed by atoms with Crippen molar-refractivity contribution in [2.24, 2.45) is 0 Å². The van der Waals surface area contributed by atoms with E-state index in [-0.39, 0.29) is 51.0 Å². The van der Waals surface area contributed by atoms with E-state index < -0.39 is 0 Å². The number of benzene rings is 3. The first-order valence-corrected chi connectivity index (χ1v) is 11.6. The third-order valence-electron chi connectivity index (χ3n) is 5.63. The summed E-state index contributed by atoms with van der Waals surface area (Å²) in [6, 6.07) is 17.7. The maximum absolute atomic E-state index is 5.54. The van der Waals surface area contributed by atoms with Crippen LogP contribution in [0.2, 0.25) is 6.82 Å². The molecule has 3 aromatic rings. The van der Waals surface area contributed by atoms with Crippen LogP contribution in [0.4, 0.5) is 0 Å². The van der Waals surface area contributed by atoms with Gasteiger partial charge >= 0.3 is 7.12 Å². The zero-order valence-corrected chi connectivity index (χ0v) is 24.8. The molecule has 0 saturated carbocycles. The van der Waals surface area contributed by atoms with Crippen LogP contribution in [0.1, 0.15) is 66.5 Å². The van der Waals surface area contributed by atoms with Gasteiger partial charge in [-0.2, -0.15) is 23.6 Å². The zero-order valence-electron chi connectivity index (χ0n) is 22.0. The Labute approximate surface area is 227 Å². The molecule has 175 valence electrons. The standard InChI is InChI=1S/C18H12.C7H15BO2.2C2H6.Y/c1-3-13-14(4-2)16-10-6-8-12-18(16)17-11-7-5-9-15(13)17;1-6(2)7(3,4)10-8(5)9-6;2*1-2;/h3,5-9,11-12H,1-2H2;1-5H3;2*1-2H3;/q-2;;;;. The van der Waals surface area contributed by atoms with E-state index in [1.165, 1.54) is 16.2 Å². The Bertz CT molecular complexity index is 958. The van der Waals surface area contributed by atoms with Crippen molar-refractivity contribution in [3.8, 4) is 0 Å². The molecule has 1 radical (unpaired) electrons. The second kappa shape index (κ2) is 14.2. The Balaban J connectivity index is 0.000000586. The van der Waals surface area contributed by atoms with Gasteiger partial charge in [-0.15, -0.1) is 24.8 Å². The van der Waals surface area contributed by atoms with Crippen LogP contribution in [0.25, 0.3) is 27.6 Å². The molecule has 2 nitrogen and oxygen atoms in total. The zero-order chi connectivity index (χ0) is 24.5. The van der Waals surface area contributed by atoms with E-state index in [1.807, 2.05) is 58.8 Å². The summed E-state index contributed by atoms with van der Waals surface area (Å²) in [6.45, 7) is 25.9. The van der Waals surface area contributed by atoms with Gasteiger partial charge in [-0.25, -0.2) is 17.5 Å². The van der Waals surface area contributed by atoms with Crippen molar-refractivity contribution in [3.05, 3.63) is 78.9 Å². The van der Waals surface area contributed by atoms with Gasteiger partial charge in [-0.3, -0.25) is 5.56 Å². The number of rotatable bonds is 2. The Morgan fingerprint density at radius 2 is 1.36 bits per heavy atom.